The van der Waals surface area contributed by atoms with Crippen molar-refractivity contribution < 1.29 is 9.59 Å². The van der Waals surface area contributed by atoms with Gasteiger partial charge in [-0.05, 0) is 35.2 Å². The van der Waals surface area contributed by atoms with Crippen molar-refractivity contribution in [2.75, 3.05) is 18.9 Å². The first-order valence-corrected chi connectivity index (χ1v) is 8.76. The quantitative estimate of drug-likeness (QED) is 0.730. The standard InChI is InChI=1S/C22H25N3O2/c1-22(2,3)17-11-13-18(14-12-17)25-21(27)24-15-7-9-16-8-5-6-10-19(16)20(26)23-4/h5-6,8,10-14H,15H2,1-4H3,(H,23,26)(H2,24,25,27). The van der Waals surface area contributed by atoms with E-state index in [0.717, 1.165) is 5.69 Å². The third-order valence-corrected chi connectivity index (χ3v) is 3.97. The number of anilines is 1. The minimum Gasteiger partial charge on any atom is -0.355 e. The summed E-state index contributed by atoms with van der Waals surface area (Å²) in [7, 11) is 1.58. The lowest BCUT2D eigenvalue weighted by molar-refractivity contribution is 0.0963. The van der Waals surface area contributed by atoms with Gasteiger partial charge in [0.15, 0.2) is 0 Å². The van der Waals surface area contributed by atoms with Crippen LogP contribution >= 0.6 is 0 Å². The SMILES string of the molecule is CNC(=O)c1ccccc1C#CCNC(=O)Nc1ccc(C(C)(C)C)cc1. The van der Waals surface area contributed by atoms with Crippen molar-refractivity contribution in [3.8, 4) is 11.8 Å². The number of nitrogens with one attached hydrogen (secondary N) is 3. The van der Waals surface area contributed by atoms with Crippen molar-refractivity contribution >= 4 is 17.6 Å². The zero-order chi connectivity index (χ0) is 19.9. The molecule has 0 saturated carbocycles. The van der Waals surface area contributed by atoms with E-state index in [1.54, 1.807) is 25.2 Å². The van der Waals surface area contributed by atoms with E-state index in [-0.39, 0.29) is 23.9 Å². The molecular weight excluding hydrogens is 338 g/mol. The van der Waals surface area contributed by atoms with Crippen LogP contribution < -0.4 is 16.0 Å². The van der Waals surface area contributed by atoms with Gasteiger partial charge in [-0.2, -0.15) is 0 Å². The molecule has 27 heavy (non-hydrogen) atoms. The average Bonchev–Trinajstić information content (AvgIpc) is 2.64. The highest BCUT2D eigenvalue weighted by Crippen LogP contribution is 2.23. The molecular formula is C22H25N3O2. The number of hydrogen-bond acceptors (Lipinski definition) is 2. The highest BCUT2D eigenvalue weighted by molar-refractivity contribution is 5.96. The maximum absolute atomic E-state index is 12.0. The molecule has 2 rings (SSSR count). The minimum atomic E-state index is -0.326. The van der Waals surface area contributed by atoms with Gasteiger partial charge in [0.2, 0.25) is 0 Å². The molecule has 3 amide bonds. The van der Waals surface area contributed by atoms with Gasteiger partial charge in [0.1, 0.15) is 0 Å². The summed E-state index contributed by atoms with van der Waals surface area (Å²) in [5.41, 5.74) is 3.13. The van der Waals surface area contributed by atoms with E-state index < -0.39 is 0 Å². The lowest BCUT2D eigenvalue weighted by atomic mass is 9.87. The zero-order valence-corrected chi connectivity index (χ0v) is 16.1. The van der Waals surface area contributed by atoms with Gasteiger partial charge in [0, 0.05) is 18.3 Å². The molecule has 5 heteroatoms. The van der Waals surface area contributed by atoms with Crippen LogP contribution in [0, 0.1) is 11.8 Å². The number of rotatable bonds is 3. The number of carbonyl (C=O) groups is 2. The monoisotopic (exact) mass is 363 g/mol. The van der Waals surface area contributed by atoms with Crippen molar-refractivity contribution in [1.29, 1.82) is 0 Å². The molecule has 3 N–H and O–H groups in total. The fourth-order valence-corrected chi connectivity index (χ4v) is 2.42. The van der Waals surface area contributed by atoms with Crippen LogP contribution in [0.4, 0.5) is 10.5 Å². The summed E-state index contributed by atoms with van der Waals surface area (Å²) in [6.45, 7) is 6.60. The van der Waals surface area contributed by atoms with Gasteiger partial charge in [-0.15, -0.1) is 0 Å². The Kier molecular flexibility index (Phi) is 6.62. The smallest absolute Gasteiger partial charge is 0.319 e. The molecule has 2 aromatic carbocycles. The van der Waals surface area contributed by atoms with Crippen LogP contribution in [-0.2, 0) is 5.41 Å². The summed E-state index contributed by atoms with van der Waals surface area (Å²) < 4.78 is 0. The fourth-order valence-electron chi connectivity index (χ4n) is 2.42. The first-order valence-electron chi connectivity index (χ1n) is 8.76. The van der Waals surface area contributed by atoms with E-state index in [1.165, 1.54) is 5.56 Å². The van der Waals surface area contributed by atoms with Gasteiger partial charge in [0.25, 0.3) is 5.91 Å². The summed E-state index contributed by atoms with van der Waals surface area (Å²) in [4.78, 5) is 23.8. The molecule has 0 saturated heterocycles. The van der Waals surface area contributed by atoms with Gasteiger partial charge in [-0.1, -0.05) is 56.9 Å². The molecule has 0 heterocycles. The van der Waals surface area contributed by atoms with E-state index in [0.29, 0.717) is 11.1 Å². The zero-order valence-electron chi connectivity index (χ0n) is 16.1. The van der Waals surface area contributed by atoms with Crippen molar-refractivity contribution in [2.24, 2.45) is 0 Å². The summed E-state index contributed by atoms with van der Waals surface area (Å²) in [6, 6.07) is 14.5. The molecule has 0 fully saturated rings. The predicted octanol–water partition coefficient (Wildman–Crippen LogP) is 3.52. The third kappa shape index (κ3) is 5.89. The molecule has 0 aliphatic carbocycles. The molecule has 0 aliphatic heterocycles. The van der Waals surface area contributed by atoms with Crippen LogP contribution in [0.15, 0.2) is 48.5 Å². The van der Waals surface area contributed by atoms with Crippen molar-refractivity contribution in [3.05, 3.63) is 65.2 Å². The summed E-state index contributed by atoms with van der Waals surface area (Å²) in [5.74, 6) is 5.59. The number of benzene rings is 2. The Morgan fingerprint density at radius 3 is 2.30 bits per heavy atom. The van der Waals surface area contributed by atoms with Gasteiger partial charge < -0.3 is 16.0 Å². The number of amides is 3. The fraction of sp³-hybridized carbons (Fsp3) is 0.273. The van der Waals surface area contributed by atoms with Gasteiger partial charge in [-0.25, -0.2) is 4.79 Å². The van der Waals surface area contributed by atoms with Gasteiger partial charge >= 0.3 is 6.03 Å². The molecule has 140 valence electrons. The molecule has 0 spiro atoms. The minimum absolute atomic E-state index is 0.0708. The second-order valence-electron chi connectivity index (χ2n) is 7.06. The maximum atomic E-state index is 12.0. The summed E-state index contributed by atoms with van der Waals surface area (Å²) >= 11 is 0. The Balaban J connectivity index is 1.91. The van der Waals surface area contributed by atoms with E-state index >= 15 is 0 Å². The average molecular weight is 363 g/mol. The Bertz CT molecular complexity index is 869. The van der Waals surface area contributed by atoms with Crippen molar-refractivity contribution in [3.63, 3.8) is 0 Å². The first kappa shape index (κ1) is 20.1. The Labute approximate surface area is 160 Å². The van der Waals surface area contributed by atoms with Crippen LogP contribution in [0.25, 0.3) is 0 Å². The predicted molar refractivity (Wildman–Crippen MR) is 109 cm³/mol. The molecule has 0 unspecified atom stereocenters. The second kappa shape index (κ2) is 8.91. The van der Waals surface area contributed by atoms with Gasteiger partial charge in [0.05, 0.1) is 12.1 Å². The molecule has 2 aromatic rings. The highest BCUT2D eigenvalue weighted by Gasteiger charge is 2.13. The lowest BCUT2D eigenvalue weighted by Crippen LogP contribution is -2.29. The molecule has 5 nitrogen and oxygen atoms in total. The third-order valence-electron chi connectivity index (χ3n) is 3.97. The van der Waals surface area contributed by atoms with E-state index in [9.17, 15) is 9.59 Å². The Morgan fingerprint density at radius 1 is 1.00 bits per heavy atom. The summed E-state index contributed by atoms with van der Waals surface area (Å²) in [6.07, 6.45) is 0. The molecule has 0 radical (unpaired) electrons. The molecule has 0 aromatic heterocycles. The van der Waals surface area contributed by atoms with Crippen LogP contribution in [0.2, 0.25) is 0 Å². The van der Waals surface area contributed by atoms with Crippen LogP contribution in [-0.4, -0.2) is 25.5 Å². The second-order valence-corrected chi connectivity index (χ2v) is 7.06. The number of urea groups is 1. The van der Waals surface area contributed by atoms with Gasteiger partial charge in [-0.3, -0.25) is 4.79 Å². The molecule has 0 atom stereocenters. The molecule has 0 aliphatic rings. The van der Waals surface area contributed by atoms with E-state index in [1.807, 2.05) is 30.3 Å². The summed E-state index contributed by atoms with van der Waals surface area (Å²) in [5, 5.41) is 8.05. The Morgan fingerprint density at radius 2 is 1.67 bits per heavy atom. The topological polar surface area (TPSA) is 70.2 Å². The normalized spacial score (nSPS) is 10.4. The van der Waals surface area contributed by atoms with Crippen molar-refractivity contribution in [2.45, 2.75) is 26.2 Å². The Hall–Kier alpha value is -3.26. The van der Waals surface area contributed by atoms with E-state index in [2.05, 4.69) is 48.6 Å². The number of carbonyl (C=O) groups excluding carboxylic acids is 2. The van der Waals surface area contributed by atoms with E-state index in [4.69, 9.17) is 0 Å². The lowest BCUT2D eigenvalue weighted by Gasteiger charge is -2.19. The highest BCUT2D eigenvalue weighted by atomic mass is 16.2. The largest absolute Gasteiger partial charge is 0.355 e. The molecule has 0 bridgehead atoms. The maximum Gasteiger partial charge on any atom is 0.319 e. The number of hydrogen-bond donors (Lipinski definition) is 3. The first-order chi connectivity index (χ1) is 12.8. The van der Waals surface area contributed by atoms with Crippen LogP contribution in [0.1, 0.15) is 42.3 Å². The van der Waals surface area contributed by atoms with Crippen molar-refractivity contribution in [1.82, 2.24) is 10.6 Å². The van der Waals surface area contributed by atoms with Crippen LogP contribution in [0.5, 0.6) is 0 Å². The van der Waals surface area contributed by atoms with Crippen LogP contribution in [0.3, 0.4) is 0 Å².